The van der Waals surface area contributed by atoms with Gasteiger partial charge in [0.15, 0.2) is 0 Å². The van der Waals surface area contributed by atoms with Crippen molar-refractivity contribution in [1.29, 1.82) is 5.41 Å². The lowest BCUT2D eigenvalue weighted by atomic mass is 9.97. The van der Waals surface area contributed by atoms with Crippen molar-refractivity contribution in [2.75, 3.05) is 33.3 Å². The van der Waals surface area contributed by atoms with E-state index in [1.54, 1.807) is 0 Å². The first kappa shape index (κ1) is 24.9. The molecule has 2 aromatic rings. The lowest BCUT2D eigenvalue weighted by Gasteiger charge is -2.15. The highest BCUT2D eigenvalue weighted by molar-refractivity contribution is 5.80. The Bertz CT molecular complexity index is 890. The van der Waals surface area contributed by atoms with Crippen LogP contribution in [0.5, 0.6) is 0 Å². The van der Waals surface area contributed by atoms with Crippen LogP contribution < -0.4 is 5.73 Å². The van der Waals surface area contributed by atoms with Crippen molar-refractivity contribution in [2.45, 2.75) is 26.9 Å². The summed E-state index contributed by atoms with van der Waals surface area (Å²) in [6.07, 6.45) is 0. The van der Waals surface area contributed by atoms with E-state index in [2.05, 4.69) is 60.0 Å². The van der Waals surface area contributed by atoms with E-state index in [0.717, 1.165) is 39.3 Å². The number of likely N-dealkylation sites (tertiary alicyclic amines) is 2. The molecule has 6 nitrogen and oxygen atoms in total. The van der Waals surface area contributed by atoms with Crippen LogP contribution in [0.1, 0.15) is 25.0 Å². The summed E-state index contributed by atoms with van der Waals surface area (Å²) in [5.41, 5.74) is 8.23. The van der Waals surface area contributed by atoms with Crippen LogP contribution in [0.25, 0.3) is 0 Å². The third kappa shape index (κ3) is 7.14. The van der Waals surface area contributed by atoms with Crippen LogP contribution in [-0.4, -0.2) is 54.9 Å². The predicted molar refractivity (Wildman–Crippen MR) is 133 cm³/mol. The van der Waals surface area contributed by atoms with E-state index in [4.69, 9.17) is 15.9 Å². The van der Waals surface area contributed by atoms with Gasteiger partial charge in [0.25, 0.3) is 0 Å². The number of nitrogens with one attached hydrogen (secondary N) is 1. The van der Waals surface area contributed by atoms with Gasteiger partial charge in [-0.3, -0.25) is 20.0 Å². The van der Waals surface area contributed by atoms with Gasteiger partial charge in [0.1, 0.15) is 0 Å². The van der Waals surface area contributed by atoms with E-state index < -0.39 is 0 Å². The molecule has 2 heterocycles. The third-order valence-electron chi connectivity index (χ3n) is 6.78. The van der Waals surface area contributed by atoms with Crippen molar-refractivity contribution in [2.24, 2.45) is 29.4 Å². The van der Waals surface area contributed by atoms with Gasteiger partial charge < -0.3 is 10.5 Å². The second kappa shape index (κ2) is 12.0. The minimum Gasteiger partial charge on any atom is -0.469 e. The standard InChI is InChI=1S/C14H19NO2.C13H19N3/c1-11-8-15(10-13(11)14(16)17-2)9-12-6-4-3-5-7-12;1-10-7-16(9-12(10)13(14)15)8-11-5-3-2-4-6-11/h3-7,11,13H,8-10H2,1-2H3;2-6,10,12H,7-9H2,1H3,(H3,14,15)/t11-,13?;10-,12?/m11/s1. The summed E-state index contributed by atoms with van der Waals surface area (Å²) in [6.45, 7) is 9.92. The molecule has 2 aliphatic rings. The summed E-state index contributed by atoms with van der Waals surface area (Å²) in [4.78, 5) is 16.3. The lowest BCUT2D eigenvalue weighted by Crippen LogP contribution is -2.28. The molecule has 0 bridgehead atoms. The molecule has 4 rings (SSSR count). The molecule has 0 radical (unpaired) electrons. The summed E-state index contributed by atoms with van der Waals surface area (Å²) in [6, 6.07) is 20.8. The Morgan fingerprint density at radius 3 is 1.67 bits per heavy atom. The van der Waals surface area contributed by atoms with E-state index in [0.29, 0.717) is 17.7 Å². The first-order chi connectivity index (χ1) is 15.9. The molecule has 3 N–H and O–H groups in total. The first-order valence-corrected chi connectivity index (χ1v) is 11.8. The van der Waals surface area contributed by atoms with Crippen molar-refractivity contribution in [3.63, 3.8) is 0 Å². The summed E-state index contributed by atoms with van der Waals surface area (Å²) >= 11 is 0. The number of ether oxygens (including phenoxy) is 1. The van der Waals surface area contributed by atoms with Crippen molar-refractivity contribution in [3.05, 3.63) is 71.8 Å². The van der Waals surface area contributed by atoms with Gasteiger partial charge in [-0.25, -0.2) is 0 Å². The molecular weight excluding hydrogens is 412 g/mol. The topological polar surface area (TPSA) is 82.7 Å². The van der Waals surface area contributed by atoms with Gasteiger partial charge in [0.05, 0.1) is 18.9 Å². The monoisotopic (exact) mass is 450 g/mol. The Morgan fingerprint density at radius 2 is 1.27 bits per heavy atom. The number of methoxy groups -OCH3 is 1. The van der Waals surface area contributed by atoms with Gasteiger partial charge >= 0.3 is 5.97 Å². The Labute approximate surface area is 198 Å². The van der Waals surface area contributed by atoms with Gasteiger partial charge in [-0.15, -0.1) is 0 Å². The van der Waals surface area contributed by atoms with Crippen LogP contribution in [0.2, 0.25) is 0 Å². The molecule has 0 aliphatic carbocycles. The lowest BCUT2D eigenvalue weighted by molar-refractivity contribution is -0.146. The zero-order valence-corrected chi connectivity index (χ0v) is 20.1. The second-order valence-electron chi connectivity index (χ2n) is 9.51. The Balaban J connectivity index is 0.000000186. The maximum absolute atomic E-state index is 11.6. The van der Waals surface area contributed by atoms with Crippen molar-refractivity contribution in [1.82, 2.24) is 9.80 Å². The van der Waals surface area contributed by atoms with Gasteiger partial charge in [-0.05, 0) is 23.0 Å². The van der Waals surface area contributed by atoms with Crippen LogP contribution in [0.3, 0.4) is 0 Å². The van der Waals surface area contributed by atoms with Crippen LogP contribution in [-0.2, 0) is 22.6 Å². The molecule has 178 valence electrons. The number of carbonyl (C=O) groups excluding carboxylic acids is 1. The number of esters is 1. The zero-order valence-electron chi connectivity index (χ0n) is 20.1. The summed E-state index contributed by atoms with van der Waals surface area (Å²) in [5, 5.41) is 7.54. The van der Waals surface area contributed by atoms with Crippen molar-refractivity contribution in [3.8, 4) is 0 Å². The number of nitrogens with zero attached hydrogens (tertiary/aromatic N) is 2. The van der Waals surface area contributed by atoms with Gasteiger partial charge in [0, 0.05) is 45.2 Å². The fourth-order valence-electron chi connectivity index (χ4n) is 4.94. The van der Waals surface area contributed by atoms with E-state index in [9.17, 15) is 4.79 Å². The second-order valence-corrected chi connectivity index (χ2v) is 9.51. The first-order valence-electron chi connectivity index (χ1n) is 11.8. The van der Waals surface area contributed by atoms with E-state index in [1.165, 1.54) is 18.2 Å². The number of rotatable bonds is 6. The van der Waals surface area contributed by atoms with E-state index in [-0.39, 0.29) is 17.8 Å². The molecule has 0 aromatic heterocycles. The summed E-state index contributed by atoms with van der Waals surface area (Å²) in [7, 11) is 1.47. The average molecular weight is 451 g/mol. The third-order valence-corrected chi connectivity index (χ3v) is 6.78. The minimum absolute atomic E-state index is 0.0312. The fraction of sp³-hybridized carbons (Fsp3) is 0.481. The van der Waals surface area contributed by atoms with Crippen LogP contribution >= 0.6 is 0 Å². The summed E-state index contributed by atoms with van der Waals surface area (Å²) < 4.78 is 4.84. The molecule has 2 unspecified atom stereocenters. The van der Waals surface area contributed by atoms with E-state index in [1.807, 2.05) is 24.3 Å². The van der Waals surface area contributed by atoms with Crippen molar-refractivity contribution < 1.29 is 9.53 Å². The highest BCUT2D eigenvalue weighted by Gasteiger charge is 2.35. The predicted octanol–water partition coefficient (Wildman–Crippen LogP) is 3.62. The number of carbonyl (C=O) groups is 1. The maximum atomic E-state index is 11.6. The van der Waals surface area contributed by atoms with E-state index >= 15 is 0 Å². The average Bonchev–Trinajstić information content (AvgIpc) is 3.36. The highest BCUT2D eigenvalue weighted by Crippen LogP contribution is 2.26. The van der Waals surface area contributed by atoms with Gasteiger partial charge in [-0.2, -0.15) is 0 Å². The molecular formula is C27H38N4O2. The molecule has 0 amide bonds. The molecule has 6 heteroatoms. The number of benzene rings is 2. The largest absolute Gasteiger partial charge is 0.469 e. The minimum atomic E-state index is -0.0759. The molecule has 33 heavy (non-hydrogen) atoms. The molecule has 2 aliphatic heterocycles. The normalized spacial score (nSPS) is 25.3. The molecule has 2 fully saturated rings. The summed E-state index contributed by atoms with van der Waals surface area (Å²) in [5.74, 6) is 1.41. The Hall–Kier alpha value is -2.70. The number of hydrogen-bond donors (Lipinski definition) is 2. The SMILES string of the molecule is COC(=O)C1CN(Cc2ccccc2)C[C@H]1C.C[C@@H]1CN(Cc2ccccc2)CC1C(=N)N. The molecule has 0 saturated carbocycles. The molecule has 0 spiro atoms. The van der Waals surface area contributed by atoms with Gasteiger partial charge in [-0.1, -0.05) is 74.5 Å². The van der Waals surface area contributed by atoms with Crippen LogP contribution in [0.15, 0.2) is 60.7 Å². The van der Waals surface area contributed by atoms with Gasteiger partial charge in [0.2, 0.25) is 0 Å². The Morgan fingerprint density at radius 1 is 0.848 bits per heavy atom. The van der Waals surface area contributed by atoms with Crippen LogP contribution in [0.4, 0.5) is 0 Å². The quantitative estimate of drug-likeness (QED) is 0.399. The van der Waals surface area contributed by atoms with Crippen molar-refractivity contribution >= 4 is 11.8 Å². The zero-order chi connectivity index (χ0) is 23.8. The molecule has 2 aromatic carbocycles. The highest BCUT2D eigenvalue weighted by atomic mass is 16.5. The smallest absolute Gasteiger partial charge is 0.310 e. The Kier molecular flexibility index (Phi) is 9.03. The fourth-order valence-corrected chi connectivity index (χ4v) is 4.94. The molecule has 2 saturated heterocycles. The number of hydrogen-bond acceptors (Lipinski definition) is 5. The number of amidine groups is 1. The number of nitrogens with two attached hydrogens (primary N) is 1. The van der Waals surface area contributed by atoms with Crippen LogP contribution in [0, 0.1) is 29.1 Å². The maximum Gasteiger partial charge on any atom is 0.310 e. The molecule has 4 atom stereocenters.